The standard InChI is InChI=1S/C21H24N2O4S/c1-26-19-9-7-18(8-10-19)23-28(24,25)21-13-17(6-11-20(21)27-2)16-5-3-4-15(12-16)14-22/h3-6,11-13,18-19,23H,7-10H2,1-2H3. The van der Waals surface area contributed by atoms with E-state index >= 15 is 0 Å². The Labute approximate surface area is 166 Å². The van der Waals surface area contributed by atoms with Crippen LogP contribution in [0, 0.1) is 11.3 Å². The second-order valence-electron chi connectivity index (χ2n) is 6.89. The largest absolute Gasteiger partial charge is 0.495 e. The van der Waals surface area contributed by atoms with Crippen LogP contribution in [0.4, 0.5) is 0 Å². The van der Waals surface area contributed by atoms with Gasteiger partial charge in [0.1, 0.15) is 10.6 Å². The maximum Gasteiger partial charge on any atom is 0.244 e. The second-order valence-corrected chi connectivity index (χ2v) is 8.57. The Kier molecular flexibility index (Phi) is 6.35. The maximum absolute atomic E-state index is 13.1. The Bertz CT molecular complexity index is 974. The molecule has 0 saturated heterocycles. The lowest BCUT2D eigenvalue weighted by Crippen LogP contribution is -2.39. The van der Waals surface area contributed by atoms with E-state index in [0.29, 0.717) is 16.9 Å². The molecule has 1 N–H and O–H groups in total. The van der Waals surface area contributed by atoms with Crippen LogP contribution >= 0.6 is 0 Å². The van der Waals surface area contributed by atoms with Gasteiger partial charge in [0.2, 0.25) is 10.0 Å². The van der Waals surface area contributed by atoms with Gasteiger partial charge < -0.3 is 9.47 Å². The molecule has 1 saturated carbocycles. The lowest BCUT2D eigenvalue weighted by atomic mass is 9.94. The number of methoxy groups -OCH3 is 2. The first-order valence-electron chi connectivity index (χ1n) is 9.20. The van der Waals surface area contributed by atoms with Gasteiger partial charge in [0.25, 0.3) is 0 Å². The van der Waals surface area contributed by atoms with Gasteiger partial charge >= 0.3 is 0 Å². The number of sulfonamides is 1. The first kappa shape index (κ1) is 20.3. The average molecular weight is 401 g/mol. The number of nitrogens with zero attached hydrogens (tertiary/aromatic N) is 1. The summed E-state index contributed by atoms with van der Waals surface area (Å²) in [5.74, 6) is 0.290. The Morgan fingerprint density at radius 1 is 1.04 bits per heavy atom. The van der Waals surface area contributed by atoms with Crippen molar-refractivity contribution in [3.63, 3.8) is 0 Å². The minimum atomic E-state index is -3.75. The van der Waals surface area contributed by atoms with E-state index in [9.17, 15) is 8.42 Å². The topological polar surface area (TPSA) is 88.4 Å². The SMILES string of the molecule is COc1ccc(-c2cccc(C#N)c2)cc1S(=O)(=O)NC1CCC(OC)CC1. The smallest absolute Gasteiger partial charge is 0.244 e. The summed E-state index contributed by atoms with van der Waals surface area (Å²) in [6, 6.07) is 14.1. The summed E-state index contributed by atoms with van der Waals surface area (Å²) in [4.78, 5) is 0.101. The van der Waals surface area contributed by atoms with E-state index in [2.05, 4.69) is 10.8 Å². The van der Waals surface area contributed by atoms with E-state index in [0.717, 1.165) is 31.2 Å². The van der Waals surface area contributed by atoms with Crippen LogP contribution in [0.3, 0.4) is 0 Å². The minimum Gasteiger partial charge on any atom is -0.495 e. The predicted molar refractivity (Wildman–Crippen MR) is 107 cm³/mol. The van der Waals surface area contributed by atoms with Crippen molar-refractivity contribution in [3.05, 3.63) is 48.0 Å². The van der Waals surface area contributed by atoms with E-state index in [-0.39, 0.29) is 17.0 Å². The number of nitrogens with one attached hydrogen (secondary N) is 1. The molecular weight excluding hydrogens is 376 g/mol. The molecule has 0 radical (unpaired) electrons. The van der Waals surface area contributed by atoms with E-state index in [1.165, 1.54) is 7.11 Å². The lowest BCUT2D eigenvalue weighted by molar-refractivity contribution is 0.0649. The van der Waals surface area contributed by atoms with Gasteiger partial charge in [-0.05, 0) is 61.1 Å². The fourth-order valence-corrected chi connectivity index (χ4v) is 5.03. The van der Waals surface area contributed by atoms with Crippen LogP contribution in [0.2, 0.25) is 0 Å². The summed E-state index contributed by atoms with van der Waals surface area (Å²) in [5.41, 5.74) is 2.01. The maximum atomic E-state index is 13.1. The van der Waals surface area contributed by atoms with Crippen molar-refractivity contribution < 1.29 is 17.9 Å². The van der Waals surface area contributed by atoms with E-state index < -0.39 is 10.0 Å². The predicted octanol–water partition coefficient (Wildman–Crippen LogP) is 3.47. The normalized spacial score (nSPS) is 19.8. The Morgan fingerprint density at radius 2 is 1.75 bits per heavy atom. The van der Waals surface area contributed by atoms with Gasteiger partial charge in [-0.25, -0.2) is 13.1 Å². The highest BCUT2D eigenvalue weighted by molar-refractivity contribution is 7.89. The fourth-order valence-electron chi connectivity index (χ4n) is 3.53. The van der Waals surface area contributed by atoms with Gasteiger partial charge in [-0.1, -0.05) is 18.2 Å². The molecule has 7 heteroatoms. The van der Waals surface area contributed by atoms with Crippen LogP contribution < -0.4 is 9.46 Å². The molecule has 28 heavy (non-hydrogen) atoms. The summed E-state index contributed by atoms with van der Waals surface area (Å²) in [7, 11) is -0.614. The van der Waals surface area contributed by atoms with Gasteiger partial charge in [0, 0.05) is 13.2 Å². The van der Waals surface area contributed by atoms with Crippen molar-refractivity contribution in [2.45, 2.75) is 42.7 Å². The van der Waals surface area contributed by atoms with E-state index in [4.69, 9.17) is 14.7 Å². The monoisotopic (exact) mass is 400 g/mol. The van der Waals surface area contributed by atoms with Gasteiger partial charge in [-0.2, -0.15) is 5.26 Å². The Hall–Kier alpha value is -2.40. The zero-order valence-corrected chi connectivity index (χ0v) is 16.8. The molecule has 0 aromatic heterocycles. The average Bonchev–Trinajstić information content (AvgIpc) is 2.73. The second kappa shape index (κ2) is 8.74. The van der Waals surface area contributed by atoms with Crippen LogP contribution in [0.1, 0.15) is 31.2 Å². The zero-order chi connectivity index (χ0) is 20.1. The molecule has 0 atom stereocenters. The third kappa shape index (κ3) is 4.53. The van der Waals surface area contributed by atoms with Crippen molar-refractivity contribution in [2.75, 3.05) is 14.2 Å². The van der Waals surface area contributed by atoms with Crippen LogP contribution in [0.15, 0.2) is 47.4 Å². The van der Waals surface area contributed by atoms with Crippen molar-refractivity contribution >= 4 is 10.0 Å². The van der Waals surface area contributed by atoms with Gasteiger partial charge in [-0.15, -0.1) is 0 Å². The summed E-state index contributed by atoms with van der Waals surface area (Å²) in [5, 5.41) is 9.11. The molecule has 0 heterocycles. The van der Waals surface area contributed by atoms with Crippen molar-refractivity contribution in [3.8, 4) is 22.9 Å². The summed E-state index contributed by atoms with van der Waals surface area (Å²) in [6.45, 7) is 0. The number of rotatable bonds is 6. The number of hydrogen-bond donors (Lipinski definition) is 1. The van der Waals surface area contributed by atoms with Crippen LogP contribution in [-0.2, 0) is 14.8 Å². The molecule has 0 aliphatic heterocycles. The summed E-state index contributed by atoms with van der Waals surface area (Å²) < 4.78 is 39.6. The lowest BCUT2D eigenvalue weighted by Gasteiger charge is -2.28. The first-order valence-corrected chi connectivity index (χ1v) is 10.7. The van der Waals surface area contributed by atoms with Gasteiger partial charge in [0.05, 0.1) is 24.8 Å². The minimum absolute atomic E-state index is 0.101. The van der Waals surface area contributed by atoms with Crippen molar-refractivity contribution in [1.82, 2.24) is 4.72 Å². The molecule has 0 bridgehead atoms. The summed E-state index contributed by atoms with van der Waals surface area (Å²) >= 11 is 0. The highest BCUT2D eigenvalue weighted by Crippen LogP contribution is 2.31. The van der Waals surface area contributed by atoms with Crippen LogP contribution in [0.25, 0.3) is 11.1 Å². The number of benzene rings is 2. The Morgan fingerprint density at radius 3 is 2.39 bits per heavy atom. The molecule has 0 amide bonds. The third-order valence-electron chi connectivity index (χ3n) is 5.11. The zero-order valence-electron chi connectivity index (χ0n) is 16.0. The molecule has 2 aromatic carbocycles. The first-order chi connectivity index (χ1) is 13.5. The van der Waals surface area contributed by atoms with Crippen LogP contribution in [-0.4, -0.2) is 34.8 Å². The molecular formula is C21H24N2O4S. The highest BCUT2D eigenvalue weighted by atomic mass is 32.2. The molecule has 1 aliphatic rings. The third-order valence-corrected chi connectivity index (χ3v) is 6.65. The quantitative estimate of drug-likeness (QED) is 0.802. The number of ether oxygens (including phenoxy) is 2. The highest BCUT2D eigenvalue weighted by Gasteiger charge is 2.27. The molecule has 1 fully saturated rings. The van der Waals surface area contributed by atoms with E-state index in [1.807, 2.05) is 6.07 Å². The number of hydrogen-bond acceptors (Lipinski definition) is 5. The van der Waals surface area contributed by atoms with Gasteiger partial charge in [0.15, 0.2) is 0 Å². The number of nitriles is 1. The molecule has 3 rings (SSSR count). The van der Waals surface area contributed by atoms with E-state index in [1.54, 1.807) is 43.5 Å². The molecule has 148 valence electrons. The van der Waals surface area contributed by atoms with Crippen molar-refractivity contribution in [2.24, 2.45) is 0 Å². The molecule has 0 spiro atoms. The molecule has 0 unspecified atom stereocenters. The van der Waals surface area contributed by atoms with Gasteiger partial charge in [-0.3, -0.25) is 0 Å². The van der Waals surface area contributed by atoms with Crippen molar-refractivity contribution in [1.29, 1.82) is 5.26 Å². The molecule has 6 nitrogen and oxygen atoms in total. The fraction of sp³-hybridized carbons (Fsp3) is 0.381. The Balaban J connectivity index is 1.90. The molecule has 1 aliphatic carbocycles. The summed E-state index contributed by atoms with van der Waals surface area (Å²) in [6.07, 6.45) is 3.35. The molecule has 2 aromatic rings. The van der Waals surface area contributed by atoms with Crippen LogP contribution in [0.5, 0.6) is 5.75 Å².